The highest BCUT2D eigenvalue weighted by atomic mass is 28.3. The van der Waals surface area contributed by atoms with Gasteiger partial charge in [-0.15, -0.1) is 0 Å². The van der Waals surface area contributed by atoms with Crippen molar-refractivity contribution in [1.29, 1.82) is 0 Å². The number of benzene rings is 6. The monoisotopic (exact) mass is 590 g/mol. The van der Waals surface area contributed by atoms with Crippen molar-refractivity contribution in [3.05, 3.63) is 174 Å². The molecule has 0 aliphatic rings. The van der Waals surface area contributed by atoms with E-state index in [0.29, 0.717) is 17.2 Å². The maximum absolute atomic E-state index is 6.35. The van der Waals surface area contributed by atoms with E-state index in [1.165, 1.54) is 37.4 Å². The highest BCUT2D eigenvalue weighted by Gasteiger charge is 2.44. The van der Waals surface area contributed by atoms with Crippen LogP contribution in [0.1, 0.15) is 16.7 Å². The van der Waals surface area contributed by atoms with Gasteiger partial charge in [0, 0.05) is 0 Å². The van der Waals surface area contributed by atoms with Gasteiger partial charge in [0.15, 0.2) is 8.07 Å². The van der Waals surface area contributed by atoms with Crippen LogP contribution in [0.15, 0.2) is 158 Å². The van der Waals surface area contributed by atoms with Crippen LogP contribution >= 0.6 is 0 Å². The number of aryl methyl sites for hydroxylation is 3. The molecule has 0 unspecified atom stereocenters. The average Bonchev–Trinajstić information content (AvgIpc) is 3.05. The fourth-order valence-corrected chi connectivity index (χ4v) is 11.6. The molecule has 0 fully saturated rings. The van der Waals surface area contributed by atoms with Gasteiger partial charge in [0.1, 0.15) is 17.2 Å². The Morgan fingerprint density at radius 1 is 0.364 bits per heavy atom. The molecule has 6 rings (SSSR count). The van der Waals surface area contributed by atoms with Crippen LogP contribution in [0.2, 0.25) is 0 Å². The molecule has 0 saturated heterocycles. The fraction of sp³-hybridized carbons (Fsp3) is 0.0769. The van der Waals surface area contributed by atoms with Gasteiger partial charge in [-0.05, 0) is 77.9 Å². The van der Waals surface area contributed by atoms with Gasteiger partial charge in [-0.1, -0.05) is 138 Å². The maximum Gasteiger partial charge on any atom is 0.864 e. The van der Waals surface area contributed by atoms with Crippen molar-refractivity contribution in [3.63, 3.8) is 0 Å². The summed E-state index contributed by atoms with van der Waals surface area (Å²) >= 11 is 0. The third-order valence-electron chi connectivity index (χ3n) is 8.12. The summed E-state index contributed by atoms with van der Waals surface area (Å²) < 4.78 is 18.6. The fourth-order valence-electron chi connectivity index (χ4n) is 6.07. The van der Waals surface area contributed by atoms with Crippen LogP contribution in [-0.4, -0.2) is 15.4 Å². The minimum absolute atomic E-state index is 0.660. The molecule has 5 heteroatoms. The number of para-hydroxylation sites is 2. The summed E-state index contributed by atoms with van der Waals surface area (Å²) in [7, 11) is -3.71. The molecule has 0 aliphatic heterocycles. The zero-order valence-electron chi connectivity index (χ0n) is 25.3. The van der Waals surface area contributed by atoms with Crippen LogP contribution in [-0.2, 0) is 0 Å². The Morgan fingerprint density at radius 3 is 1.05 bits per heavy atom. The van der Waals surface area contributed by atoms with Crippen molar-refractivity contribution in [3.8, 4) is 17.2 Å². The molecule has 216 valence electrons. The van der Waals surface area contributed by atoms with Crippen molar-refractivity contribution < 1.29 is 14.0 Å². The van der Waals surface area contributed by atoms with Crippen LogP contribution < -0.4 is 34.7 Å². The Morgan fingerprint density at radius 2 is 0.682 bits per heavy atom. The van der Waals surface area contributed by atoms with E-state index < -0.39 is 15.4 Å². The van der Waals surface area contributed by atoms with Crippen LogP contribution in [0.5, 0.6) is 17.2 Å². The van der Waals surface area contributed by atoms with Crippen LogP contribution in [0.4, 0.5) is 0 Å². The van der Waals surface area contributed by atoms with E-state index in [1.54, 1.807) is 0 Å². The molecule has 0 saturated carbocycles. The van der Waals surface area contributed by atoms with Crippen LogP contribution in [0, 0.1) is 20.8 Å². The summed E-state index contributed by atoms with van der Waals surface area (Å²) in [4.78, 5) is 0. The van der Waals surface area contributed by atoms with Crippen molar-refractivity contribution >= 4 is 36.1 Å². The first-order valence-corrected chi connectivity index (χ1v) is 16.9. The molecule has 0 aliphatic carbocycles. The highest BCUT2D eigenvalue weighted by Crippen LogP contribution is 2.20. The molecule has 6 aromatic rings. The second kappa shape index (κ2) is 13.1. The van der Waals surface area contributed by atoms with E-state index in [0.717, 1.165) is 0 Å². The van der Waals surface area contributed by atoms with Gasteiger partial charge in [0.2, 0.25) is 0 Å². The van der Waals surface area contributed by atoms with Crippen molar-refractivity contribution in [2.24, 2.45) is 0 Å². The Labute approximate surface area is 261 Å². The van der Waals surface area contributed by atoms with E-state index in [1.807, 2.05) is 72.8 Å². The SMILES string of the molecule is Cc1ccccc1[Si](c1ccc(OB(Oc2ccccc2)Oc2ccccc2)cc1)(c1ccccc1C)c1ccccc1C. The molecule has 3 nitrogen and oxygen atoms in total. The number of rotatable bonds is 10. The van der Waals surface area contributed by atoms with Crippen molar-refractivity contribution in [2.75, 3.05) is 0 Å². The topological polar surface area (TPSA) is 27.7 Å². The summed E-state index contributed by atoms with van der Waals surface area (Å²) in [6.07, 6.45) is 0. The van der Waals surface area contributed by atoms with Crippen LogP contribution in [0.3, 0.4) is 0 Å². The molecule has 0 aromatic heterocycles. The van der Waals surface area contributed by atoms with Crippen LogP contribution in [0.25, 0.3) is 0 Å². The lowest BCUT2D eigenvalue weighted by Crippen LogP contribution is -2.76. The number of hydrogen-bond acceptors (Lipinski definition) is 3. The van der Waals surface area contributed by atoms with E-state index in [4.69, 9.17) is 14.0 Å². The van der Waals surface area contributed by atoms with Gasteiger partial charge >= 0.3 is 7.32 Å². The van der Waals surface area contributed by atoms with E-state index >= 15 is 0 Å². The molecule has 0 atom stereocenters. The Balaban J connectivity index is 1.46. The molecule has 6 aromatic carbocycles. The molecule has 0 bridgehead atoms. The average molecular weight is 591 g/mol. The van der Waals surface area contributed by atoms with Crippen molar-refractivity contribution in [1.82, 2.24) is 0 Å². The first-order chi connectivity index (χ1) is 21.6. The standard InChI is InChI=1S/C39H35BO3Si/c1-30-16-10-13-23-37(30)44(38-24-14-11-17-31(38)2,39-25-15-12-18-32(39)3)36-28-26-35(27-29-36)43-40(41-33-19-6-4-7-20-33)42-34-21-8-5-9-22-34/h4-29H,1-3H3. The molecule has 0 heterocycles. The minimum atomic E-state index is -2.74. The third-order valence-corrected chi connectivity index (χ3v) is 13.4. The van der Waals surface area contributed by atoms with Gasteiger partial charge in [-0.3, -0.25) is 0 Å². The summed E-state index contributed by atoms with van der Waals surface area (Å²) in [6.45, 7) is 6.70. The zero-order valence-corrected chi connectivity index (χ0v) is 26.3. The highest BCUT2D eigenvalue weighted by molar-refractivity contribution is 7.20. The molecule has 0 radical (unpaired) electrons. The quantitative estimate of drug-likeness (QED) is 0.135. The predicted octanol–water partition coefficient (Wildman–Crippen LogP) is 6.51. The normalized spacial score (nSPS) is 11.1. The van der Waals surface area contributed by atoms with Gasteiger partial charge in [0.25, 0.3) is 0 Å². The lowest BCUT2D eigenvalue weighted by Gasteiger charge is -2.37. The van der Waals surface area contributed by atoms with Gasteiger partial charge in [-0.25, -0.2) is 0 Å². The second-order valence-corrected chi connectivity index (χ2v) is 14.7. The summed E-state index contributed by atoms with van der Waals surface area (Å²) in [6, 6.07) is 54.3. The molecule has 0 amide bonds. The minimum Gasteiger partial charge on any atom is -0.490 e. The van der Waals surface area contributed by atoms with E-state index in [-0.39, 0.29) is 0 Å². The van der Waals surface area contributed by atoms with Gasteiger partial charge < -0.3 is 14.0 Å². The molecule has 0 N–H and O–H groups in total. The summed E-state index contributed by atoms with van der Waals surface area (Å²) in [5, 5.41) is 5.44. The van der Waals surface area contributed by atoms with E-state index in [9.17, 15) is 0 Å². The molecule has 44 heavy (non-hydrogen) atoms. The predicted molar refractivity (Wildman–Crippen MR) is 185 cm³/mol. The van der Waals surface area contributed by atoms with Gasteiger partial charge in [0.05, 0.1) is 0 Å². The molecular formula is C39H35BO3Si. The van der Waals surface area contributed by atoms with E-state index in [2.05, 4.69) is 106 Å². The molecule has 0 spiro atoms. The largest absolute Gasteiger partial charge is 0.864 e. The lowest BCUT2D eigenvalue weighted by molar-refractivity contribution is 0.307. The Bertz CT molecular complexity index is 1670. The zero-order chi connectivity index (χ0) is 30.4. The maximum atomic E-state index is 6.35. The number of hydrogen-bond donors (Lipinski definition) is 0. The molecular weight excluding hydrogens is 555 g/mol. The Kier molecular flexibility index (Phi) is 8.67. The first kappa shape index (κ1) is 29.1. The summed E-state index contributed by atoms with van der Waals surface area (Å²) in [5.41, 5.74) is 3.87. The van der Waals surface area contributed by atoms with Crippen molar-refractivity contribution in [2.45, 2.75) is 20.8 Å². The smallest absolute Gasteiger partial charge is 0.490 e. The summed E-state index contributed by atoms with van der Waals surface area (Å²) in [5.74, 6) is 1.98. The first-order valence-electron chi connectivity index (χ1n) is 14.9. The third kappa shape index (κ3) is 5.92. The van der Waals surface area contributed by atoms with Gasteiger partial charge in [-0.2, -0.15) is 0 Å². The Hall–Kier alpha value is -5.00. The second-order valence-electron chi connectivity index (χ2n) is 11.0. The lowest BCUT2D eigenvalue weighted by atomic mass is 10.2.